The molecule has 2 aromatic heterocycles. The monoisotopic (exact) mass is 385 g/mol. The van der Waals surface area contributed by atoms with Gasteiger partial charge in [0.2, 0.25) is 27.6 Å². The molecule has 0 saturated carbocycles. The molecule has 1 aromatic carbocycles. The van der Waals surface area contributed by atoms with Crippen LogP contribution in [0.1, 0.15) is 30.7 Å². The first-order chi connectivity index (χ1) is 13.1. The van der Waals surface area contributed by atoms with Gasteiger partial charge >= 0.3 is 0 Å². The summed E-state index contributed by atoms with van der Waals surface area (Å²) in [5.41, 5.74) is 1.14. The fourth-order valence-corrected chi connectivity index (χ4v) is 4.49. The molecule has 0 N–H and O–H groups in total. The number of benzene rings is 1. The molecule has 0 radical (unpaired) electrons. The van der Waals surface area contributed by atoms with Crippen LogP contribution in [0, 0.1) is 0 Å². The molecule has 9 heteroatoms. The summed E-state index contributed by atoms with van der Waals surface area (Å²) in [6.07, 6.45) is 5.17. The van der Waals surface area contributed by atoms with E-state index in [1.807, 2.05) is 12.1 Å². The lowest BCUT2D eigenvalue weighted by molar-refractivity contribution is 0.217. The van der Waals surface area contributed by atoms with Crippen LogP contribution in [-0.2, 0) is 16.4 Å². The van der Waals surface area contributed by atoms with Crippen molar-refractivity contribution in [2.24, 2.45) is 0 Å². The molecule has 27 heavy (non-hydrogen) atoms. The number of hydrogen-bond acceptors (Lipinski definition) is 7. The Bertz CT molecular complexity index is 1010. The van der Waals surface area contributed by atoms with Crippen molar-refractivity contribution in [3.63, 3.8) is 0 Å². The second-order valence-electron chi connectivity index (χ2n) is 6.44. The SMILES string of the molecule is CCCc1ccc(S(=O)(=O)N2CC(c3nc(-c4ncccn4)no3)C2)cc1. The molecular weight excluding hydrogens is 366 g/mol. The Morgan fingerprint density at radius 1 is 1.11 bits per heavy atom. The molecule has 0 bridgehead atoms. The molecule has 1 aliphatic heterocycles. The van der Waals surface area contributed by atoms with Gasteiger partial charge in [-0.25, -0.2) is 18.4 Å². The van der Waals surface area contributed by atoms with E-state index < -0.39 is 10.0 Å². The topological polar surface area (TPSA) is 102 Å². The number of sulfonamides is 1. The minimum Gasteiger partial charge on any atom is -0.338 e. The van der Waals surface area contributed by atoms with Crippen molar-refractivity contribution in [3.05, 3.63) is 54.2 Å². The van der Waals surface area contributed by atoms with E-state index in [-0.39, 0.29) is 5.92 Å². The van der Waals surface area contributed by atoms with Gasteiger partial charge in [-0.05, 0) is 30.2 Å². The van der Waals surface area contributed by atoms with Crippen LogP contribution in [0.25, 0.3) is 11.6 Å². The average Bonchev–Trinajstić information content (AvgIpc) is 3.11. The van der Waals surface area contributed by atoms with Gasteiger partial charge in [0, 0.05) is 25.5 Å². The molecule has 0 aliphatic carbocycles. The molecule has 1 saturated heterocycles. The Hall–Kier alpha value is -2.65. The van der Waals surface area contributed by atoms with Crippen molar-refractivity contribution in [2.45, 2.75) is 30.6 Å². The van der Waals surface area contributed by atoms with E-state index in [4.69, 9.17) is 4.52 Å². The van der Waals surface area contributed by atoms with Crippen LogP contribution in [0.15, 0.2) is 52.1 Å². The first-order valence-electron chi connectivity index (χ1n) is 8.78. The van der Waals surface area contributed by atoms with Gasteiger partial charge in [-0.15, -0.1) is 0 Å². The molecular formula is C18H19N5O3S. The number of hydrogen-bond donors (Lipinski definition) is 0. The van der Waals surface area contributed by atoms with Gasteiger partial charge < -0.3 is 4.52 Å². The average molecular weight is 385 g/mol. The van der Waals surface area contributed by atoms with E-state index in [1.165, 1.54) is 4.31 Å². The normalized spacial score (nSPS) is 15.6. The molecule has 3 aromatic rings. The fourth-order valence-electron chi connectivity index (χ4n) is 2.96. The lowest BCUT2D eigenvalue weighted by atomic mass is 10.0. The van der Waals surface area contributed by atoms with Crippen LogP contribution in [-0.4, -0.2) is 45.9 Å². The predicted molar refractivity (Wildman–Crippen MR) is 97.3 cm³/mol. The summed E-state index contributed by atoms with van der Waals surface area (Å²) in [6, 6.07) is 8.79. The lowest BCUT2D eigenvalue weighted by Crippen LogP contribution is -2.48. The van der Waals surface area contributed by atoms with Crippen molar-refractivity contribution in [2.75, 3.05) is 13.1 Å². The molecule has 3 heterocycles. The van der Waals surface area contributed by atoms with Gasteiger partial charge in [-0.3, -0.25) is 0 Å². The van der Waals surface area contributed by atoms with Crippen LogP contribution >= 0.6 is 0 Å². The zero-order chi connectivity index (χ0) is 18.9. The molecule has 0 spiro atoms. The van der Waals surface area contributed by atoms with Crippen molar-refractivity contribution < 1.29 is 12.9 Å². The maximum Gasteiger partial charge on any atom is 0.243 e. The van der Waals surface area contributed by atoms with E-state index in [1.54, 1.807) is 30.6 Å². The Morgan fingerprint density at radius 2 is 1.81 bits per heavy atom. The summed E-state index contributed by atoms with van der Waals surface area (Å²) in [6.45, 7) is 2.73. The Kier molecular flexibility index (Phi) is 4.71. The van der Waals surface area contributed by atoms with E-state index in [0.717, 1.165) is 18.4 Å². The summed E-state index contributed by atoms with van der Waals surface area (Å²) in [4.78, 5) is 12.8. The maximum absolute atomic E-state index is 12.7. The van der Waals surface area contributed by atoms with Gasteiger partial charge in [0.1, 0.15) is 0 Å². The molecule has 0 amide bonds. The molecule has 140 valence electrons. The van der Waals surface area contributed by atoms with Crippen LogP contribution in [0.4, 0.5) is 0 Å². The van der Waals surface area contributed by atoms with Gasteiger partial charge in [-0.1, -0.05) is 30.6 Å². The molecule has 1 aliphatic rings. The molecule has 1 fully saturated rings. The van der Waals surface area contributed by atoms with E-state index in [9.17, 15) is 8.42 Å². The lowest BCUT2D eigenvalue weighted by Gasteiger charge is -2.35. The van der Waals surface area contributed by atoms with Crippen molar-refractivity contribution in [1.29, 1.82) is 0 Å². The van der Waals surface area contributed by atoms with Gasteiger partial charge in [0.25, 0.3) is 0 Å². The summed E-state index contributed by atoms with van der Waals surface area (Å²) in [7, 11) is -3.50. The van der Waals surface area contributed by atoms with Crippen molar-refractivity contribution >= 4 is 10.0 Å². The second-order valence-corrected chi connectivity index (χ2v) is 8.38. The first-order valence-corrected chi connectivity index (χ1v) is 10.2. The molecule has 4 rings (SSSR count). The zero-order valence-corrected chi connectivity index (χ0v) is 15.6. The largest absolute Gasteiger partial charge is 0.338 e. The molecule has 0 atom stereocenters. The predicted octanol–water partition coefficient (Wildman–Crippen LogP) is 2.27. The second kappa shape index (κ2) is 7.16. The minimum absolute atomic E-state index is 0.121. The Morgan fingerprint density at radius 3 is 2.48 bits per heavy atom. The molecule has 8 nitrogen and oxygen atoms in total. The fraction of sp³-hybridized carbons (Fsp3) is 0.333. The molecule has 0 unspecified atom stereocenters. The number of aryl methyl sites for hydroxylation is 1. The summed E-state index contributed by atoms with van der Waals surface area (Å²) >= 11 is 0. The van der Waals surface area contributed by atoms with Crippen LogP contribution in [0.3, 0.4) is 0 Å². The minimum atomic E-state index is -3.50. The summed E-state index contributed by atoms with van der Waals surface area (Å²) < 4.78 is 32.1. The van der Waals surface area contributed by atoms with Gasteiger partial charge in [-0.2, -0.15) is 9.29 Å². The third kappa shape index (κ3) is 3.47. The third-order valence-corrected chi connectivity index (χ3v) is 6.35. The van der Waals surface area contributed by atoms with Crippen LogP contribution < -0.4 is 0 Å². The maximum atomic E-state index is 12.7. The summed E-state index contributed by atoms with van der Waals surface area (Å²) in [5.74, 6) is 0.966. The van der Waals surface area contributed by atoms with Gasteiger partial charge in [0.05, 0.1) is 10.8 Å². The van der Waals surface area contributed by atoms with Crippen molar-refractivity contribution in [3.8, 4) is 11.6 Å². The highest BCUT2D eigenvalue weighted by molar-refractivity contribution is 7.89. The highest BCUT2D eigenvalue weighted by atomic mass is 32.2. The summed E-state index contributed by atoms with van der Waals surface area (Å²) in [5, 5.41) is 3.88. The van der Waals surface area contributed by atoms with E-state index >= 15 is 0 Å². The Labute approximate surface area is 157 Å². The quantitative estimate of drug-likeness (QED) is 0.641. The van der Waals surface area contributed by atoms with Crippen LogP contribution in [0.5, 0.6) is 0 Å². The van der Waals surface area contributed by atoms with Crippen molar-refractivity contribution in [1.82, 2.24) is 24.4 Å². The van der Waals surface area contributed by atoms with E-state index in [0.29, 0.717) is 35.5 Å². The van der Waals surface area contributed by atoms with E-state index in [2.05, 4.69) is 27.0 Å². The van der Waals surface area contributed by atoms with Gasteiger partial charge in [0.15, 0.2) is 0 Å². The first kappa shape index (κ1) is 17.7. The zero-order valence-electron chi connectivity index (χ0n) is 14.8. The Balaban J connectivity index is 1.43. The number of nitrogens with zero attached hydrogens (tertiary/aromatic N) is 5. The highest BCUT2D eigenvalue weighted by Crippen LogP contribution is 2.31. The number of aromatic nitrogens is 4. The van der Waals surface area contributed by atoms with Crippen LogP contribution in [0.2, 0.25) is 0 Å². The number of rotatable bonds is 6. The standard InChI is InChI=1S/C18H19N5O3S/c1-2-4-13-5-7-15(8-6-13)27(24,25)23-11-14(12-23)18-21-17(22-26-18)16-19-9-3-10-20-16/h3,5-10,14H,2,4,11-12H2,1H3. The highest BCUT2D eigenvalue weighted by Gasteiger charge is 2.40. The third-order valence-electron chi connectivity index (χ3n) is 4.50. The smallest absolute Gasteiger partial charge is 0.243 e.